The lowest BCUT2D eigenvalue weighted by atomic mass is 10.3. The van der Waals surface area contributed by atoms with Crippen molar-refractivity contribution in [3.63, 3.8) is 0 Å². The van der Waals surface area contributed by atoms with Crippen LogP contribution in [0.1, 0.15) is 17.5 Å². The van der Waals surface area contributed by atoms with E-state index in [0.29, 0.717) is 6.61 Å². The lowest BCUT2D eigenvalue weighted by Crippen LogP contribution is -2.29. The molecule has 0 bridgehead atoms. The SMILES string of the molecule is Cc1ncsc1CCOC(C)C(N)=NO. The first-order valence-corrected chi connectivity index (χ1v) is 5.51. The molecule has 1 unspecified atom stereocenters. The van der Waals surface area contributed by atoms with Gasteiger partial charge in [0.15, 0.2) is 5.84 Å². The van der Waals surface area contributed by atoms with Crippen molar-refractivity contribution in [2.75, 3.05) is 6.61 Å². The number of rotatable bonds is 5. The maximum Gasteiger partial charge on any atom is 0.168 e. The standard InChI is InChI=1S/C9H15N3O2S/c1-6-8(15-5-11-6)3-4-14-7(2)9(10)12-13/h5,7,13H,3-4H2,1-2H3,(H2,10,12). The third kappa shape index (κ3) is 3.49. The highest BCUT2D eigenvalue weighted by molar-refractivity contribution is 7.09. The van der Waals surface area contributed by atoms with Gasteiger partial charge in [-0.1, -0.05) is 5.16 Å². The van der Waals surface area contributed by atoms with Gasteiger partial charge in [-0.3, -0.25) is 0 Å². The van der Waals surface area contributed by atoms with E-state index in [1.165, 1.54) is 4.88 Å². The summed E-state index contributed by atoms with van der Waals surface area (Å²) in [4.78, 5) is 5.35. The molecule has 3 N–H and O–H groups in total. The minimum absolute atomic E-state index is 0.0935. The fraction of sp³-hybridized carbons (Fsp3) is 0.556. The molecule has 0 aliphatic heterocycles. The molecule has 0 radical (unpaired) electrons. The Kier molecular flexibility index (Phi) is 4.51. The highest BCUT2D eigenvalue weighted by Gasteiger charge is 2.08. The first-order valence-electron chi connectivity index (χ1n) is 4.63. The topological polar surface area (TPSA) is 80.7 Å². The van der Waals surface area contributed by atoms with Crippen molar-refractivity contribution in [1.29, 1.82) is 0 Å². The smallest absolute Gasteiger partial charge is 0.168 e. The van der Waals surface area contributed by atoms with Gasteiger partial charge in [0.25, 0.3) is 0 Å². The van der Waals surface area contributed by atoms with Crippen molar-refractivity contribution in [2.45, 2.75) is 26.4 Å². The number of amidine groups is 1. The van der Waals surface area contributed by atoms with Crippen molar-refractivity contribution in [3.05, 3.63) is 16.1 Å². The van der Waals surface area contributed by atoms with Gasteiger partial charge in [0.1, 0.15) is 6.10 Å². The van der Waals surface area contributed by atoms with Crippen LogP contribution in [0.3, 0.4) is 0 Å². The molecule has 0 spiro atoms. The van der Waals surface area contributed by atoms with E-state index >= 15 is 0 Å². The van der Waals surface area contributed by atoms with E-state index < -0.39 is 0 Å². The van der Waals surface area contributed by atoms with Crippen LogP contribution < -0.4 is 5.73 Å². The Bertz CT molecular complexity index is 338. The highest BCUT2D eigenvalue weighted by Crippen LogP contribution is 2.12. The maximum atomic E-state index is 8.41. The number of nitrogens with two attached hydrogens (primary N) is 1. The van der Waals surface area contributed by atoms with Gasteiger partial charge in [0.2, 0.25) is 0 Å². The summed E-state index contributed by atoms with van der Waals surface area (Å²) in [6.07, 6.45) is 0.447. The molecule has 0 aromatic carbocycles. The van der Waals surface area contributed by atoms with E-state index in [1.54, 1.807) is 18.3 Å². The van der Waals surface area contributed by atoms with Gasteiger partial charge in [-0.05, 0) is 13.8 Å². The van der Waals surface area contributed by atoms with Crippen molar-refractivity contribution < 1.29 is 9.94 Å². The first kappa shape index (κ1) is 11.9. The molecule has 1 aromatic rings. The molecule has 5 nitrogen and oxygen atoms in total. The Morgan fingerprint density at radius 1 is 1.80 bits per heavy atom. The molecule has 1 aromatic heterocycles. The second-order valence-corrected chi connectivity index (χ2v) is 4.09. The normalized spacial score (nSPS) is 14.1. The third-order valence-corrected chi connectivity index (χ3v) is 3.07. The molecule has 0 fully saturated rings. The molecule has 84 valence electrons. The Morgan fingerprint density at radius 2 is 2.53 bits per heavy atom. The quantitative estimate of drug-likeness (QED) is 0.343. The summed E-state index contributed by atoms with van der Waals surface area (Å²) in [6, 6.07) is 0. The minimum atomic E-state index is -0.358. The first-order chi connectivity index (χ1) is 7.15. The van der Waals surface area contributed by atoms with Gasteiger partial charge in [0, 0.05) is 11.3 Å². The number of oxime groups is 1. The van der Waals surface area contributed by atoms with Gasteiger partial charge >= 0.3 is 0 Å². The van der Waals surface area contributed by atoms with E-state index in [9.17, 15) is 0 Å². The van der Waals surface area contributed by atoms with Gasteiger partial charge in [-0.2, -0.15) is 0 Å². The predicted octanol–water partition coefficient (Wildman–Crippen LogP) is 1.15. The number of aromatic nitrogens is 1. The van der Waals surface area contributed by atoms with Crippen LogP contribution in [0.5, 0.6) is 0 Å². The van der Waals surface area contributed by atoms with Crippen LogP contribution in [0.2, 0.25) is 0 Å². The molecule has 1 heterocycles. The average molecular weight is 229 g/mol. The summed E-state index contributed by atoms with van der Waals surface area (Å²) in [5, 5.41) is 11.3. The van der Waals surface area contributed by atoms with E-state index in [1.807, 2.05) is 12.4 Å². The number of nitrogens with zero attached hydrogens (tertiary/aromatic N) is 2. The monoisotopic (exact) mass is 229 g/mol. The zero-order chi connectivity index (χ0) is 11.3. The van der Waals surface area contributed by atoms with Crippen LogP contribution >= 0.6 is 11.3 Å². The Balaban J connectivity index is 2.31. The molecule has 0 amide bonds. The second-order valence-electron chi connectivity index (χ2n) is 3.15. The summed E-state index contributed by atoms with van der Waals surface area (Å²) >= 11 is 1.61. The lowest BCUT2D eigenvalue weighted by molar-refractivity contribution is 0.109. The molecule has 0 aliphatic carbocycles. The molecule has 0 saturated heterocycles. The Morgan fingerprint density at radius 3 is 3.07 bits per heavy atom. The maximum absolute atomic E-state index is 8.41. The zero-order valence-electron chi connectivity index (χ0n) is 8.80. The molecular formula is C9H15N3O2S. The molecule has 1 rings (SSSR count). The number of hydrogen-bond acceptors (Lipinski definition) is 5. The number of aryl methyl sites for hydroxylation is 1. The van der Waals surface area contributed by atoms with Crippen LogP contribution in [-0.4, -0.2) is 28.7 Å². The summed E-state index contributed by atoms with van der Waals surface area (Å²) in [5.74, 6) is 0.0935. The van der Waals surface area contributed by atoms with Crippen molar-refractivity contribution in [1.82, 2.24) is 4.98 Å². The largest absolute Gasteiger partial charge is 0.409 e. The number of ether oxygens (including phenoxy) is 1. The van der Waals surface area contributed by atoms with Crippen LogP contribution in [0.25, 0.3) is 0 Å². The van der Waals surface area contributed by atoms with Crippen molar-refractivity contribution in [3.8, 4) is 0 Å². The Hall–Kier alpha value is -1.14. The molecule has 6 heteroatoms. The van der Waals surface area contributed by atoms with E-state index in [-0.39, 0.29) is 11.9 Å². The average Bonchev–Trinajstić information content (AvgIpc) is 2.63. The van der Waals surface area contributed by atoms with Crippen LogP contribution in [0.4, 0.5) is 0 Å². The summed E-state index contributed by atoms with van der Waals surface area (Å²) in [5.41, 5.74) is 8.23. The summed E-state index contributed by atoms with van der Waals surface area (Å²) in [6.45, 7) is 4.26. The fourth-order valence-corrected chi connectivity index (χ4v) is 1.82. The molecule has 1 atom stereocenters. The zero-order valence-corrected chi connectivity index (χ0v) is 9.62. The summed E-state index contributed by atoms with van der Waals surface area (Å²) < 4.78 is 5.39. The third-order valence-electron chi connectivity index (χ3n) is 2.07. The molecular weight excluding hydrogens is 214 g/mol. The van der Waals surface area contributed by atoms with Gasteiger partial charge in [-0.15, -0.1) is 11.3 Å². The van der Waals surface area contributed by atoms with Gasteiger partial charge < -0.3 is 15.7 Å². The van der Waals surface area contributed by atoms with E-state index in [0.717, 1.165) is 12.1 Å². The van der Waals surface area contributed by atoms with E-state index in [2.05, 4.69) is 10.1 Å². The number of thiazole rings is 1. The van der Waals surface area contributed by atoms with Crippen LogP contribution in [0.15, 0.2) is 10.7 Å². The lowest BCUT2D eigenvalue weighted by Gasteiger charge is -2.10. The Labute approximate surface area is 92.6 Å². The van der Waals surface area contributed by atoms with Gasteiger partial charge in [-0.25, -0.2) is 4.98 Å². The molecule has 0 aliphatic rings. The van der Waals surface area contributed by atoms with E-state index in [4.69, 9.17) is 15.7 Å². The highest BCUT2D eigenvalue weighted by atomic mass is 32.1. The van der Waals surface area contributed by atoms with Crippen molar-refractivity contribution in [2.24, 2.45) is 10.9 Å². The number of hydrogen-bond donors (Lipinski definition) is 2. The second kappa shape index (κ2) is 5.67. The van der Waals surface area contributed by atoms with Gasteiger partial charge in [0.05, 0.1) is 17.8 Å². The van der Waals surface area contributed by atoms with Crippen molar-refractivity contribution >= 4 is 17.2 Å². The molecule has 0 saturated carbocycles. The molecule has 15 heavy (non-hydrogen) atoms. The van der Waals surface area contributed by atoms with Crippen LogP contribution in [-0.2, 0) is 11.2 Å². The minimum Gasteiger partial charge on any atom is -0.409 e. The fourth-order valence-electron chi connectivity index (χ4n) is 1.06. The van der Waals surface area contributed by atoms with Crippen LogP contribution in [0, 0.1) is 6.92 Å². The predicted molar refractivity (Wildman–Crippen MR) is 59.4 cm³/mol. The summed E-state index contributed by atoms with van der Waals surface area (Å²) in [7, 11) is 0.